The van der Waals surface area contributed by atoms with Gasteiger partial charge in [-0.3, -0.25) is 4.79 Å². The van der Waals surface area contributed by atoms with E-state index < -0.39 is 0 Å². The predicted molar refractivity (Wildman–Crippen MR) is 139 cm³/mol. The average Bonchev–Trinajstić information content (AvgIpc) is 3.42. The Balaban J connectivity index is 1.32. The van der Waals surface area contributed by atoms with Gasteiger partial charge in [-0.05, 0) is 81.5 Å². The van der Waals surface area contributed by atoms with Crippen LogP contribution in [0.4, 0.5) is 9.52 Å². The fraction of sp³-hybridized carbons (Fsp3) is 0.370. The van der Waals surface area contributed by atoms with Gasteiger partial charge >= 0.3 is 0 Å². The van der Waals surface area contributed by atoms with Crippen LogP contribution in [0.15, 0.2) is 42.5 Å². The van der Waals surface area contributed by atoms with Crippen LogP contribution in [0.1, 0.15) is 48.2 Å². The van der Waals surface area contributed by atoms with Crippen LogP contribution in [-0.2, 0) is 4.79 Å². The molecule has 3 heterocycles. The third-order valence-corrected chi connectivity index (χ3v) is 8.12. The zero-order chi connectivity index (χ0) is 24.7. The van der Waals surface area contributed by atoms with Crippen molar-refractivity contribution in [2.24, 2.45) is 5.92 Å². The molecule has 1 N–H and O–H groups in total. The van der Waals surface area contributed by atoms with E-state index in [1.807, 2.05) is 13.8 Å². The smallest absolute Gasteiger partial charge is 0.225 e. The first-order valence-electron chi connectivity index (χ1n) is 12.0. The number of amides is 1. The van der Waals surface area contributed by atoms with Crippen LogP contribution < -0.4 is 10.2 Å². The fourth-order valence-electron chi connectivity index (χ4n) is 4.63. The minimum Gasteiger partial charge on any atom is -0.349 e. The van der Waals surface area contributed by atoms with Crippen LogP contribution in [0.5, 0.6) is 0 Å². The third kappa shape index (κ3) is 4.67. The number of thiazole rings is 1. The molecule has 0 saturated carbocycles. The molecular weight excluding hydrogens is 461 g/mol. The van der Waals surface area contributed by atoms with Crippen molar-refractivity contribution >= 4 is 32.7 Å². The Labute approximate surface area is 208 Å². The predicted octanol–water partition coefficient (Wildman–Crippen LogP) is 5.64. The molecule has 1 saturated heterocycles. The van der Waals surface area contributed by atoms with E-state index in [0.29, 0.717) is 6.54 Å². The highest BCUT2D eigenvalue weighted by atomic mass is 32.1. The molecular formula is C27H30FN5OS. The molecule has 0 unspecified atom stereocenters. The van der Waals surface area contributed by atoms with E-state index in [4.69, 9.17) is 4.98 Å². The topological polar surface area (TPSA) is 63.1 Å². The number of hydrogen-bond acceptors (Lipinski definition) is 5. The molecule has 1 fully saturated rings. The molecule has 35 heavy (non-hydrogen) atoms. The van der Waals surface area contributed by atoms with Crippen molar-refractivity contribution in [3.8, 4) is 5.69 Å². The van der Waals surface area contributed by atoms with Gasteiger partial charge in [-0.15, -0.1) is 0 Å². The minimum atomic E-state index is -0.280. The first-order valence-corrected chi connectivity index (χ1v) is 12.9. The van der Waals surface area contributed by atoms with Gasteiger partial charge in [0.25, 0.3) is 0 Å². The van der Waals surface area contributed by atoms with Gasteiger partial charge in [-0.1, -0.05) is 29.5 Å². The van der Waals surface area contributed by atoms with Gasteiger partial charge in [0.2, 0.25) is 5.91 Å². The number of nitrogens with one attached hydrogen (secondary N) is 1. The minimum absolute atomic E-state index is 0.0380. The molecule has 5 rings (SSSR count). The summed E-state index contributed by atoms with van der Waals surface area (Å²) in [7, 11) is 0. The molecule has 8 heteroatoms. The van der Waals surface area contributed by atoms with E-state index in [-0.39, 0.29) is 23.7 Å². The fourth-order valence-corrected chi connectivity index (χ4v) is 5.66. The van der Waals surface area contributed by atoms with Gasteiger partial charge in [0.05, 0.1) is 28.0 Å². The third-order valence-electron chi connectivity index (χ3n) is 6.90. The van der Waals surface area contributed by atoms with Gasteiger partial charge in [0, 0.05) is 13.1 Å². The van der Waals surface area contributed by atoms with Crippen LogP contribution in [0.2, 0.25) is 0 Å². The molecule has 0 bridgehead atoms. The Morgan fingerprint density at radius 3 is 2.66 bits per heavy atom. The molecule has 0 spiro atoms. The van der Waals surface area contributed by atoms with Crippen molar-refractivity contribution in [1.29, 1.82) is 0 Å². The molecule has 1 amide bonds. The van der Waals surface area contributed by atoms with Crippen LogP contribution in [0, 0.1) is 32.5 Å². The summed E-state index contributed by atoms with van der Waals surface area (Å²) in [5.41, 5.74) is 6.05. The lowest BCUT2D eigenvalue weighted by molar-refractivity contribution is -0.125. The number of aromatic nitrogens is 3. The number of benzene rings is 2. The number of anilines is 1. The molecule has 182 valence electrons. The van der Waals surface area contributed by atoms with Gasteiger partial charge in [-0.2, -0.15) is 10.1 Å². The molecule has 2 atom stereocenters. The highest BCUT2D eigenvalue weighted by molar-refractivity contribution is 7.22. The number of fused-ring (bicyclic) bond motifs is 1. The lowest BCUT2D eigenvalue weighted by Gasteiger charge is -2.32. The van der Waals surface area contributed by atoms with Crippen LogP contribution in [-0.4, -0.2) is 33.8 Å². The summed E-state index contributed by atoms with van der Waals surface area (Å²) >= 11 is 1.60. The standard InChI is InChI=1S/C27H30FN5OS/c1-16-7-8-20(14-17(16)2)18(3)29-26(34)21-6-5-13-32(15-21)27-30-25-24(35-27)19(4)31-33(25)23-11-9-22(28)10-12-23/h7-12,14,18,21H,5-6,13,15H2,1-4H3,(H,29,34)/t18-,21-/m1/s1. The van der Waals surface area contributed by atoms with E-state index in [9.17, 15) is 9.18 Å². The number of carbonyl (C=O) groups is 1. The first kappa shape index (κ1) is 23.5. The van der Waals surface area contributed by atoms with E-state index in [2.05, 4.69) is 47.4 Å². The van der Waals surface area contributed by atoms with Crippen molar-refractivity contribution in [3.63, 3.8) is 0 Å². The largest absolute Gasteiger partial charge is 0.349 e. The van der Waals surface area contributed by atoms with Crippen molar-refractivity contribution in [2.45, 2.75) is 46.6 Å². The van der Waals surface area contributed by atoms with E-state index >= 15 is 0 Å². The van der Waals surface area contributed by atoms with E-state index in [1.165, 1.54) is 23.3 Å². The van der Waals surface area contributed by atoms with E-state index in [1.54, 1.807) is 28.2 Å². The van der Waals surface area contributed by atoms with Crippen molar-refractivity contribution in [1.82, 2.24) is 20.1 Å². The van der Waals surface area contributed by atoms with Gasteiger partial charge < -0.3 is 10.2 Å². The summed E-state index contributed by atoms with van der Waals surface area (Å²) in [5.74, 6) is -0.271. The summed E-state index contributed by atoms with van der Waals surface area (Å²) in [6.45, 7) is 9.71. The number of carbonyl (C=O) groups excluding carboxylic acids is 1. The molecule has 0 radical (unpaired) electrons. The zero-order valence-corrected chi connectivity index (χ0v) is 21.3. The number of piperidine rings is 1. The quantitative estimate of drug-likeness (QED) is 0.392. The molecule has 4 aromatic rings. The second-order valence-corrected chi connectivity index (χ2v) is 10.5. The Kier molecular flexibility index (Phi) is 6.32. The molecule has 2 aromatic carbocycles. The average molecular weight is 492 g/mol. The second-order valence-electron chi connectivity index (χ2n) is 9.48. The Bertz CT molecular complexity index is 1380. The van der Waals surface area contributed by atoms with Gasteiger partial charge in [0.1, 0.15) is 5.82 Å². The molecule has 6 nitrogen and oxygen atoms in total. The van der Waals surface area contributed by atoms with Crippen molar-refractivity contribution in [2.75, 3.05) is 18.0 Å². The normalized spacial score (nSPS) is 17.1. The van der Waals surface area contributed by atoms with E-state index in [0.717, 1.165) is 51.8 Å². The molecule has 1 aliphatic heterocycles. The highest BCUT2D eigenvalue weighted by Crippen LogP contribution is 2.34. The maximum atomic E-state index is 13.4. The van der Waals surface area contributed by atoms with Crippen LogP contribution in [0.25, 0.3) is 16.0 Å². The number of nitrogens with zero attached hydrogens (tertiary/aromatic N) is 4. The van der Waals surface area contributed by atoms with Crippen LogP contribution >= 0.6 is 11.3 Å². The summed E-state index contributed by atoms with van der Waals surface area (Å²) in [6, 6.07) is 12.6. The summed E-state index contributed by atoms with van der Waals surface area (Å²) in [4.78, 5) is 20.3. The van der Waals surface area contributed by atoms with Crippen molar-refractivity contribution in [3.05, 3.63) is 70.7 Å². The summed E-state index contributed by atoms with van der Waals surface area (Å²) < 4.78 is 16.2. The number of halogens is 1. The lowest BCUT2D eigenvalue weighted by Crippen LogP contribution is -2.43. The SMILES string of the molecule is Cc1ccc([C@@H](C)NC(=O)[C@@H]2CCCN(c3nc4c(s3)c(C)nn4-c3ccc(F)cc3)C2)cc1C. The Morgan fingerprint density at radius 1 is 1.14 bits per heavy atom. The van der Waals surface area contributed by atoms with Gasteiger partial charge in [0.15, 0.2) is 10.8 Å². The number of rotatable bonds is 5. The maximum absolute atomic E-state index is 13.4. The van der Waals surface area contributed by atoms with Crippen LogP contribution in [0.3, 0.4) is 0 Å². The summed E-state index contributed by atoms with van der Waals surface area (Å²) in [5, 5.41) is 8.73. The second kappa shape index (κ2) is 9.41. The van der Waals surface area contributed by atoms with Gasteiger partial charge in [-0.25, -0.2) is 9.07 Å². The monoisotopic (exact) mass is 491 g/mol. The number of aryl methyl sites for hydroxylation is 3. The molecule has 2 aromatic heterocycles. The summed E-state index contributed by atoms with van der Waals surface area (Å²) in [6.07, 6.45) is 1.81. The van der Waals surface area contributed by atoms with Crippen molar-refractivity contribution < 1.29 is 9.18 Å². The maximum Gasteiger partial charge on any atom is 0.225 e. The Morgan fingerprint density at radius 2 is 1.91 bits per heavy atom. The highest BCUT2D eigenvalue weighted by Gasteiger charge is 2.29. The zero-order valence-electron chi connectivity index (χ0n) is 20.5. The molecule has 1 aliphatic rings. The first-order chi connectivity index (χ1) is 16.8. The molecule has 0 aliphatic carbocycles. The lowest BCUT2D eigenvalue weighted by atomic mass is 9.96. The Hall–Kier alpha value is -3.26. The number of hydrogen-bond donors (Lipinski definition) is 1.